The number of amides is 1. The van der Waals surface area contributed by atoms with E-state index in [4.69, 9.17) is 9.47 Å². The number of esters is 1. The van der Waals surface area contributed by atoms with E-state index in [-0.39, 0.29) is 35.5 Å². The third kappa shape index (κ3) is 6.23. The van der Waals surface area contributed by atoms with Gasteiger partial charge in [0, 0.05) is 36.3 Å². The minimum absolute atomic E-state index is 0.0249. The van der Waals surface area contributed by atoms with E-state index in [1.54, 1.807) is 24.3 Å². The van der Waals surface area contributed by atoms with Crippen molar-refractivity contribution in [3.8, 4) is 11.5 Å². The molecule has 0 radical (unpaired) electrons. The second-order valence-corrected chi connectivity index (χ2v) is 10.1. The van der Waals surface area contributed by atoms with Gasteiger partial charge in [0.2, 0.25) is 5.91 Å². The number of carbonyl (C=O) groups is 3. The number of Topliss-reactive ketones (excluding diaryl/α,β-unsaturated/α-hetero) is 1. The van der Waals surface area contributed by atoms with Gasteiger partial charge >= 0.3 is 5.97 Å². The van der Waals surface area contributed by atoms with Crippen LogP contribution in [-0.4, -0.2) is 35.7 Å². The molecule has 38 heavy (non-hydrogen) atoms. The maximum atomic E-state index is 12.6. The van der Waals surface area contributed by atoms with Crippen LogP contribution in [0.5, 0.6) is 11.5 Å². The summed E-state index contributed by atoms with van der Waals surface area (Å²) in [6.07, 6.45) is -0.0249. The summed E-state index contributed by atoms with van der Waals surface area (Å²) in [6.45, 7) is 6.06. The molecule has 1 atom stereocenters. The summed E-state index contributed by atoms with van der Waals surface area (Å²) < 4.78 is 11.1. The van der Waals surface area contributed by atoms with Crippen LogP contribution in [0, 0.1) is 16.0 Å². The van der Waals surface area contributed by atoms with Crippen LogP contribution < -0.4 is 9.64 Å². The highest BCUT2D eigenvalue weighted by Gasteiger charge is 2.36. The van der Waals surface area contributed by atoms with E-state index in [0.29, 0.717) is 17.2 Å². The molecule has 1 aliphatic heterocycles. The van der Waals surface area contributed by atoms with Crippen molar-refractivity contribution >= 4 is 29.0 Å². The molecule has 0 saturated carbocycles. The topological polar surface area (TPSA) is 116 Å². The number of carbonyl (C=O) groups excluding carboxylic acids is 3. The van der Waals surface area contributed by atoms with Crippen LogP contribution in [0.15, 0.2) is 72.8 Å². The number of anilines is 1. The lowest BCUT2D eigenvalue weighted by Crippen LogP contribution is -2.27. The summed E-state index contributed by atoms with van der Waals surface area (Å²) in [5.41, 5.74) is 1.94. The van der Waals surface area contributed by atoms with Crippen LogP contribution in [0.2, 0.25) is 0 Å². The molecule has 1 aliphatic rings. The highest BCUT2D eigenvalue weighted by Crippen LogP contribution is 2.30. The molecule has 0 N–H and O–H groups in total. The maximum Gasteiger partial charge on any atom is 0.311 e. The quantitative estimate of drug-likeness (QED) is 0.169. The molecule has 4 rings (SSSR count). The maximum absolute atomic E-state index is 12.6. The second kappa shape index (κ2) is 10.8. The molecular weight excluding hydrogens is 488 g/mol. The van der Waals surface area contributed by atoms with Crippen molar-refractivity contribution < 1.29 is 28.8 Å². The Morgan fingerprint density at radius 3 is 2.08 bits per heavy atom. The zero-order valence-electron chi connectivity index (χ0n) is 21.4. The molecule has 0 aliphatic carbocycles. The lowest BCUT2D eigenvalue weighted by molar-refractivity contribution is -0.384. The van der Waals surface area contributed by atoms with Gasteiger partial charge in [-0.1, -0.05) is 32.9 Å². The normalized spacial score (nSPS) is 15.3. The number of nitro benzene ring substituents is 1. The number of rotatable bonds is 8. The molecule has 1 heterocycles. The molecule has 9 heteroatoms. The van der Waals surface area contributed by atoms with E-state index < -0.39 is 29.2 Å². The monoisotopic (exact) mass is 516 g/mol. The molecule has 196 valence electrons. The molecule has 9 nitrogen and oxygen atoms in total. The van der Waals surface area contributed by atoms with Gasteiger partial charge in [0.05, 0.1) is 10.8 Å². The van der Waals surface area contributed by atoms with Gasteiger partial charge in [0.25, 0.3) is 5.69 Å². The molecule has 0 aromatic heterocycles. The lowest BCUT2D eigenvalue weighted by atomic mass is 9.87. The second-order valence-electron chi connectivity index (χ2n) is 10.1. The number of benzene rings is 3. The minimum atomic E-state index is -0.704. The fraction of sp³-hybridized carbons (Fsp3) is 0.276. The van der Waals surface area contributed by atoms with Gasteiger partial charge in [-0.25, -0.2) is 0 Å². The molecular formula is C29H28N2O7. The highest BCUT2D eigenvalue weighted by atomic mass is 16.6. The van der Waals surface area contributed by atoms with Gasteiger partial charge in [-0.3, -0.25) is 24.5 Å². The average molecular weight is 517 g/mol. The molecule has 3 aromatic rings. The predicted octanol–water partition coefficient (Wildman–Crippen LogP) is 5.46. The standard InChI is InChI=1S/C29H28N2O7/c1-29(2,3)21-6-12-24(13-7-21)38-25-14-10-22(11-15-25)30-17-20(16-27(30)33)28(34)37-18-26(32)19-4-8-23(9-5-19)31(35)36/h4-15,20H,16-18H2,1-3H3/t20-/m0/s1. The van der Waals surface area contributed by atoms with Gasteiger partial charge in [-0.15, -0.1) is 0 Å². The van der Waals surface area contributed by atoms with Crippen molar-refractivity contribution in [2.75, 3.05) is 18.1 Å². The van der Waals surface area contributed by atoms with Crippen molar-refractivity contribution in [1.82, 2.24) is 0 Å². The number of nitrogens with zero attached hydrogens (tertiary/aromatic N) is 2. The smallest absolute Gasteiger partial charge is 0.311 e. The highest BCUT2D eigenvalue weighted by molar-refractivity contribution is 6.01. The summed E-state index contributed by atoms with van der Waals surface area (Å²) in [4.78, 5) is 49.1. The summed E-state index contributed by atoms with van der Waals surface area (Å²) >= 11 is 0. The molecule has 3 aromatic carbocycles. The summed E-state index contributed by atoms with van der Waals surface area (Å²) in [7, 11) is 0. The predicted molar refractivity (Wildman–Crippen MR) is 141 cm³/mol. The van der Waals surface area contributed by atoms with Crippen molar-refractivity contribution in [3.63, 3.8) is 0 Å². The van der Waals surface area contributed by atoms with E-state index >= 15 is 0 Å². The van der Waals surface area contributed by atoms with Crippen LogP contribution in [0.3, 0.4) is 0 Å². The van der Waals surface area contributed by atoms with Crippen LogP contribution in [-0.2, 0) is 19.7 Å². The van der Waals surface area contributed by atoms with E-state index in [1.807, 2.05) is 24.3 Å². The lowest BCUT2D eigenvalue weighted by Gasteiger charge is -2.19. The first kappa shape index (κ1) is 26.5. The number of non-ortho nitro benzene ring substituents is 1. The molecule has 0 bridgehead atoms. The molecule has 1 amide bonds. The van der Waals surface area contributed by atoms with Gasteiger partial charge in [-0.05, 0) is 59.5 Å². The fourth-order valence-corrected chi connectivity index (χ4v) is 4.08. The van der Waals surface area contributed by atoms with E-state index in [0.717, 1.165) is 0 Å². The Bertz CT molecular complexity index is 1340. The van der Waals surface area contributed by atoms with Gasteiger partial charge in [0.15, 0.2) is 12.4 Å². The van der Waals surface area contributed by atoms with E-state index in [9.17, 15) is 24.5 Å². The van der Waals surface area contributed by atoms with Crippen molar-refractivity contribution in [1.29, 1.82) is 0 Å². The summed E-state index contributed by atoms with van der Waals surface area (Å²) in [5, 5.41) is 10.7. The third-order valence-electron chi connectivity index (χ3n) is 6.31. The average Bonchev–Trinajstić information content (AvgIpc) is 3.29. The molecule has 1 fully saturated rings. The van der Waals surface area contributed by atoms with Crippen LogP contribution >= 0.6 is 0 Å². The van der Waals surface area contributed by atoms with Crippen molar-refractivity contribution in [2.24, 2.45) is 5.92 Å². The van der Waals surface area contributed by atoms with Crippen molar-refractivity contribution in [2.45, 2.75) is 32.6 Å². The van der Waals surface area contributed by atoms with Gasteiger partial charge in [-0.2, -0.15) is 0 Å². The largest absolute Gasteiger partial charge is 0.457 e. The molecule has 0 unspecified atom stereocenters. The summed E-state index contributed by atoms with van der Waals surface area (Å²) in [5.74, 6) is -0.740. The zero-order valence-corrected chi connectivity index (χ0v) is 21.4. The number of ketones is 1. The Morgan fingerprint density at radius 2 is 1.53 bits per heavy atom. The Balaban J connectivity index is 1.31. The van der Waals surface area contributed by atoms with Crippen LogP contribution in [0.25, 0.3) is 0 Å². The summed E-state index contributed by atoms with van der Waals surface area (Å²) in [6, 6.07) is 20.0. The Labute approximate surface area is 220 Å². The van der Waals surface area contributed by atoms with E-state index in [2.05, 4.69) is 20.8 Å². The Morgan fingerprint density at radius 1 is 0.947 bits per heavy atom. The number of hydrogen-bond donors (Lipinski definition) is 0. The zero-order chi connectivity index (χ0) is 27.4. The minimum Gasteiger partial charge on any atom is -0.457 e. The van der Waals surface area contributed by atoms with Crippen LogP contribution in [0.1, 0.15) is 43.1 Å². The van der Waals surface area contributed by atoms with E-state index in [1.165, 1.54) is 34.7 Å². The van der Waals surface area contributed by atoms with Gasteiger partial charge in [0.1, 0.15) is 11.5 Å². The number of ether oxygens (including phenoxy) is 2. The van der Waals surface area contributed by atoms with Crippen LogP contribution in [0.4, 0.5) is 11.4 Å². The SMILES string of the molecule is CC(C)(C)c1ccc(Oc2ccc(N3C[C@@H](C(=O)OCC(=O)c4ccc([N+](=O)[O-])cc4)CC3=O)cc2)cc1. The number of nitro groups is 1. The van der Waals surface area contributed by atoms with Gasteiger partial charge < -0.3 is 14.4 Å². The molecule has 1 saturated heterocycles. The molecule has 0 spiro atoms. The number of hydrogen-bond acceptors (Lipinski definition) is 7. The van der Waals surface area contributed by atoms with Crippen molar-refractivity contribution in [3.05, 3.63) is 94.0 Å². The first-order valence-electron chi connectivity index (χ1n) is 12.1. The first-order valence-corrected chi connectivity index (χ1v) is 12.1. The third-order valence-corrected chi connectivity index (χ3v) is 6.31. The first-order chi connectivity index (χ1) is 18.0. The fourth-order valence-electron chi connectivity index (χ4n) is 4.08. The Hall–Kier alpha value is -4.53. The Kier molecular flexibility index (Phi) is 7.57.